The van der Waals surface area contributed by atoms with Crippen LogP contribution in [0.4, 0.5) is 4.39 Å². The number of aromatic amines is 1. The number of aromatic nitrogens is 2. The second kappa shape index (κ2) is 10.1. The summed E-state index contributed by atoms with van der Waals surface area (Å²) in [6.07, 6.45) is -0.0732. The molecule has 0 atom stereocenters. The number of ether oxygens (including phenoxy) is 1. The van der Waals surface area contributed by atoms with Crippen molar-refractivity contribution in [1.82, 2.24) is 15.3 Å². The summed E-state index contributed by atoms with van der Waals surface area (Å²) in [6.45, 7) is 1.98. The Hall–Kier alpha value is -3.13. The normalized spacial score (nSPS) is 10.6. The van der Waals surface area contributed by atoms with Gasteiger partial charge in [-0.3, -0.25) is 9.59 Å². The van der Waals surface area contributed by atoms with Gasteiger partial charge in [-0.05, 0) is 42.3 Å². The van der Waals surface area contributed by atoms with Crippen LogP contribution in [0.25, 0.3) is 0 Å². The van der Waals surface area contributed by atoms with E-state index >= 15 is 0 Å². The summed E-state index contributed by atoms with van der Waals surface area (Å²) in [5.41, 5.74) is 2.34. The summed E-state index contributed by atoms with van der Waals surface area (Å²) < 4.78 is 18.2. The second-order valence-electron chi connectivity index (χ2n) is 6.66. The molecule has 0 aliphatic heterocycles. The Morgan fingerprint density at radius 2 is 1.97 bits per heavy atom. The molecule has 0 fully saturated rings. The van der Waals surface area contributed by atoms with Gasteiger partial charge in [-0.15, -0.1) is 0 Å². The third kappa shape index (κ3) is 5.93. The maximum atomic E-state index is 12.9. The summed E-state index contributed by atoms with van der Waals surface area (Å²) in [4.78, 5) is 31.9. The quantitative estimate of drug-likeness (QED) is 0.425. The number of amides is 1. The summed E-state index contributed by atoms with van der Waals surface area (Å²) in [7, 11) is 1.61. The first-order valence-electron chi connectivity index (χ1n) is 9.31. The lowest BCUT2D eigenvalue weighted by atomic mass is 10.1. The van der Waals surface area contributed by atoms with E-state index in [2.05, 4.69) is 15.3 Å². The fraction of sp³-hybridized carbons (Fsp3) is 0.227. The van der Waals surface area contributed by atoms with E-state index in [1.165, 1.54) is 23.9 Å². The van der Waals surface area contributed by atoms with Crippen molar-refractivity contribution in [2.45, 2.75) is 30.8 Å². The van der Waals surface area contributed by atoms with Crippen LogP contribution in [0.5, 0.6) is 5.75 Å². The molecule has 2 aromatic carbocycles. The number of hydrogen-bond donors (Lipinski definition) is 2. The van der Waals surface area contributed by atoms with Gasteiger partial charge >= 0.3 is 0 Å². The van der Waals surface area contributed by atoms with E-state index in [1.807, 2.05) is 24.3 Å². The lowest BCUT2D eigenvalue weighted by molar-refractivity contribution is -0.120. The number of hydrogen-bond acceptors (Lipinski definition) is 5. The largest absolute Gasteiger partial charge is 0.497 e. The molecule has 1 aromatic heterocycles. The molecule has 3 rings (SSSR count). The molecular formula is C22H22FN3O3S. The van der Waals surface area contributed by atoms with Crippen molar-refractivity contribution in [1.29, 1.82) is 0 Å². The molecule has 1 heterocycles. The third-order valence-corrected chi connectivity index (χ3v) is 5.39. The molecule has 0 bridgehead atoms. The number of carbonyl (C=O) groups excluding carboxylic acids is 1. The number of halogens is 1. The van der Waals surface area contributed by atoms with Gasteiger partial charge in [-0.2, -0.15) is 0 Å². The molecule has 1 amide bonds. The fourth-order valence-corrected chi connectivity index (χ4v) is 3.65. The Labute approximate surface area is 177 Å². The van der Waals surface area contributed by atoms with Gasteiger partial charge in [0.1, 0.15) is 11.6 Å². The van der Waals surface area contributed by atoms with Crippen LogP contribution in [0.3, 0.4) is 0 Å². The smallest absolute Gasteiger partial charge is 0.255 e. The predicted octanol–water partition coefficient (Wildman–Crippen LogP) is 3.38. The maximum absolute atomic E-state index is 12.9. The van der Waals surface area contributed by atoms with E-state index in [4.69, 9.17) is 4.74 Å². The van der Waals surface area contributed by atoms with Crippen molar-refractivity contribution in [3.8, 4) is 5.75 Å². The van der Waals surface area contributed by atoms with Crippen LogP contribution in [0, 0.1) is 12.7 Å². The molecule has 0 saturated carbocycles. The molecule has 156 valence electrons. The number of carbonyl (C=O) groups is 1. The summed E-state index contributed by atoms with van der Waals surface area (Å²) in [5, 5.41) is 3.23. The zero-order valence-corrected chi connectivity index (χ0v) is 17.5. The zero-order chi connectivity index (χ0) is 21.5. The fourth-order valence-electron chi connectivity index (χ4n) is 2.80. The Morgan fingerprint density at radius 1 is 1.20 bits per heavy atom. The number of H-pyrrole nitrogens is 1. The standard InChI is InChI=1S/C22H22FN3O3S/c1-14-19(11-20(27)24-12-15-6-8-17(23)9-7-15)21(28)26-22(25-14)30-13-16-4-3-5-18(10-16)29-2/h3-10H,11-13H2,1-2H3,(H,24,27)(H,25,26,28). The molecule has 30 heavy (non-hydrogen) atoms. The highest BCUT2D eigenvalue weighted by molar-refractivity contribution is 7.98. The van der Waals surface area contributed by atoms with E-state index in [-0.39, 0.29) is 30.2 Å². The van der Waals surface area contributed by atoms with E-state index in [9.17, 15) is 14.0 Å². The Balaban J connectivity index is 1.60. The number of nitrogens with one attached hydrogen (secondary N) is 2. The first-order chi connectivity index (χ1) is 14.4. The Bertz CT molecular complexity index is 1080. The summed E-state index contributed by atoms with van der Waals surface area (Å²) in [5.74, 6) is 0.763. The van der Waals surface area contributed by atoms with Crippen LogP contribution < -0.4 is 15.6 Å². The minimum absolute atomic E-state index is 0.0732. The summed E-state index contributed by atoms with van der Waals surface area (Å²) in [6, 6.07) is 13.5. The van der Waals surface area contributed by atoms with Gasteiger partial charge in [0.05, 0.1) is 13.5 Å². The third-order valence-electron chi connectivity index (χ3n) is 4.45. The number of methoxy groups -OCH3 is 1. The van der Waals surface area contributed by atoms with Gasteiger partial charge < -0.3 is 15.0 Å². The minimum Gasteiger partial charge on any atom is -0.497 e. The highest BCUT2D eigenvalue weighted by atomic mass is 32.2. The van der Waals surface area contributed by atoms with Gasteiger partial charge in [0.15, 0.2) is 5.16 Å². The van der Waals surface area contributed by atoms with Crippen LogP contribution in [0.1, 0.15) is 22.4 Å². The molecule has 0 unspecified atom stereocenters. The molecule has 6 nitrogen and oxygen atoms in total. The predicted molar refractivity (Wildman–Crippen MR) is 114 cm³/mol. The van der Waals surface area contributed by atoms with Crippen LogP contribution >= 0.6 is 11.8 Å². The van der Waals surface area contributed by atoms with E-state index < -0.39 is 0 Å². The Morgan fingerprint density at radius 3 is 2.67 bits per heavy atom. The number of aryl methyl sites for hydroxylation is 1. The highest BCUT2D eigenvalue weighted by Gasteiger charge is 2.13. The van der Waals surface area contributed by atoms with Gasteiger partial charge in [0.25, 0.3) is 5.56 Å². The minimum atomic E-state index is -0.331. The van der Waals surface area contributed by atoms with Crippen molar-refractivity contribution in [3.63, 3.8) is 0 Å². The SMILES string of the molecule is COc1cccc(CSc2nc(C)c(CC(=O)NCc3ccc(F)cc3)c(=O)[nH]2)c1. The lowest BCUT2D eigenvalue weighted by Crippen LogP contribution is -2.28. The second-order valence-corrected chi connectivity index (χ2v) is 7.62. The molecule has 8 heteroatoms. The van der Waals surface area contributed by atoms with Crippen molar-refractivity contribution >= 4 is 17.7 Å². The van der Waals surface area contributed by atoms with Crippen molar-refractivity contribution in [2.24, 2.45) is 0 Å². The van der Waals surface area contributed by atoms with Gasteiger partial charge in [-0.25, -0.2) is 9.37 Å². The van der Waals surface area contributed by atoms with E-state index in [0.29, 0.717) is 22.2 Å². The highest BCUT2D eigenvalue weighted by Crippen LogP contribution is 2.22. The molecule has 0 aliphatic rings. The number of benzene rings is 2. The molecule has 0 spiro atoms. The van der Waals surface area contributed by atoms with E-state index in [1.54, 1.807) is 26.2 Å². The van der Waals surface area contributed by atoms with E-state index in [0.717, 1.165) is 16.9 Å². The van der Waals surface area contributed by atoms with Crippen LogP contribution in [-0.4, -0.2) is 23.0 Å². The molecule has 0 aliphatic carbocycles. The van der Waals surface area contributed by atoms with Gasteiger partial charge in [0.2, 0.25) is 5.91 Å². The molecule has 0 radical (unpaired) electrons. The first kappa shape index (κ1) is 21.6. The number of thioether (sulfide) groups is 1. The zero-order valence-electron chi connectivity index (χ0n) is 16.7. The van der Waals surface area contributed by atoms with Gasteiger partial charge in [0, 0.05) is 23.6 Å². The number of rotatable bonds is 8. The van der Waals surface area contributed by atoms with Crippen LogP contribution in [0.2, 0.25) is 0 Å². The molecule has 0 saturated heterocycles. The van der Waals surface area contributed by atoms with Crippen LogP contribution in [0.15, 0.2) is 58.5 Å². The lowest BCUT2D eigenvalue weighted by Gasteiger charge is -2.09. The van der Waals surface area contributed by atoms with Crippen molar-refractivity contribution < 1.29 is 13.9 Å². The molecular weight excluding hydrogens is 405 g/mol. The first-order valence-corrected chi connectivity index (χ1v) is 10.3. The number of nitrogens with zero attached hydrogens (tertiary/aromatic N) is 1. The van der Waals surface area contributed by atoms with Crippen LogP contribution in [-0.2, 0) is 23.5 Å². The summed E-state index contributed by atoms with van der Waals surface area (Å²) >= 11 is 1.40. The monoisotopic (exact) mass is 427 g/mol. The average Bonchev–Trinajstić information content (AvgIpc) is 2.74. The Kier molecular flexibility index (Phi) is 7.24. The molecule has 2 N–H and O–H groups in total. The van der Waals surface area contributed by atoms with Crippen molar-refractivity contribution in [3.05, 3.63) is 87.1 Å². The molecule has 3 aromatic rings. The van der Waals surface area contributed by atoms with Gasteiger partial charge in [-0.1, -0.05) is 36.0 Å². The maximum Gasteiger partial charge on any atom is 0.255 e. The topological polar surface area (TPSA) is 84.1 Å². The van der Waals surface area contributed by atoms with Crippen molar-refractivity contribution in [2.75, 3.05) is 7.11 Å². The average molecular weight is 428 g/mol.